The fourth-order valence-corrected chi connectivity index (χ4v) is 8.27. The molecule has 0 aliphatic carbocycles. The first-order valence-electron chi connectivity index (χ1n) is 17.4. The molecule has 13 heteroatoms. The van der Waals surface area contributed by atoms with Crippen LogP contribution < -0.4 is 0 Å². The third kappa shape index (κ3) is 7.42. The number of rotatable bonds is 8. The standard InChI is InChI=1S/C34H60O13/c1-11-22(35)14(2)28-15(3)26(37)18(6)34(46-28)19(7)27(38)16(4)29(47-34)17(5)32(40)45-24-12-23(36)30(20(8)42-24)44-25-13-33(10,41)31(39)21(9)43-25/h14-31,35-39,41H,11-13H2,1-10H3/t14-,15+,16+,17+,18-,19+,20-,21-,22-,23-,24+,25+,26-,27-,28+,29+,30+,31-,33+,34-/m1/s1. The number of aliphatic hydroxyl groups is 6. The Kier molecular flexibility index (Phi) is 12.2. The highest BCUT2D eigenvalue weighted by atomic mass is 16.7. The van der Waals surface area contributed by atoms with Crippen molar-refractivity contribution in [2.45, 2.75) is 174 Å². The van der Waals surface area contributed by atoms with E-state index in [4.69, 9.17) is 28.4 Å². The normalized spacial score (nSPS) is 51.3. The van der Waals surface area contributed by atoms with Crippen LogP contribution in [0.3, 0.4) is 0 Å². The lowest BCUT2D eigenvalue weighted by Gasteiger charge is -2.60. The van der Waals surface area contributed by atoms with Gasteiger partial charge in [0.25, 0.3) is 0 Å². The first-order valence-corrected chi connectivity index (χ1v) is 17.4. The number of ether oxygens (including phenoxy) is 6. The minimum atomic E-state index is -1.44. The molecular formula is C34H60O13. The maximum atomic E-state index is 13.6. The zero-order valence-corrected chi connectivity index (χ0v) is 29.6. The molecule has 1 spiro atoms. The number of carbonyl (C=O) groups is 1. The van der Waals surface area contributed by atoms with Crippen LogP contribution in [0.4, 0.5) is 0 Å². The molecule has 4 saturated heterocycles. The Morgan fingerprint density at radius 1 is 0.872 bits per heavy atom. The van der Waals surface area contributed by atoms with Crippen molar-refractivity contribution in [1.82, 2.24) is 0 Å². The van der Waals surface area contributed by atoms with E-state index in [0.717, 1.165) is 0 Å². The molecule has 0 unspecified atom stereocenters. The second-order valence-corrected chi connectivity index (χ2v) is 15.2. The van der Waals surface area contributed by atoms with Crippen LogP contribution in [0.1, 0.15) is 88.5 Å². The predicted molar refractivity (Wildman–Crippen MR) is 167 cm³/mol. The van der Waals surface area contributed by atoms with E-state index in [-0.39, 0.29) is 24.7 Å². The van der Waals surface area contributed by atoms with Crippen LogP contribution in [0.15, 0.2) is 0 Å². The second kappa shape index (κ2) is 14.7. The van der Waals surface area contributed by atoms with Crippen molar-refractivity contribution in [3.05, 3.63) is 0 Å². The smallest absolute Gasteiger partial charge is 0.313 e. The number of carbonyl (C=O) groups excluding carboxylic acids is 1. The van der Waals surface area contributed by atoms with Gasteiger partial charge in [0.05, 0.1) is 60.4 Å². The van der Waals surface area contributed by atoms with Crippen LogP contribution in [0.5, 0.6) is 0 Å². The van der Waals surface area contributed by atoms with Crippen molar-refractivity contribution in [3.63, 3.8) is 0 Å². The topological polar surface area (TPSA) is 194 Å². The molecule has 0 saturated carbocycles. The maximum Gasteiger partial charge on any atom is 0.313 e. The van der Waals surface area contributed by atoms with Gasteiger partial charge >= 0.3 is 5.97 Å². The molecule has 4 aliphatic rings. The highest BCUT2D eigenvalue weighted by Crippen LogP contribution is 2.51. The van der Waals surface area contributed by atoms with Crippen LogP contribution in [0, 0.1) is 35.5 Å². The van der Waals surface area contributed by atoms with E-state index in [2.05, 4.69) is 0 Å². The molecule has 274 valence electrons. The lowest BCUT2D eigenvalue weighted by molar-refractivity contribution is -0.410. The van der Waals surface area contributed by atoms with E-state index in [9.17, 15) is 35.4 Å². The Morgan fingerprint density at radius 2 is 1.40 bits per heavy atom. The van der Waals surface area contributed by atoms with Gasteiger partial charge in [0.15, 0.2) is 12.1 Å². The van der Waals surface area contributed by atoms with Crippen LogP contribution in [-0.2, 0) is 33.2 Å². The maximum absolute atomic E-state index is 13.6. The summed E-state index contributed by atoms with van der Waals surface area (Å²) in [6, 6.07) is 0. The van der Waals surface area contributed by atoms with Crippen molar-refractivity contribution in [2.24, 2.45) is 35.5 Å². The summed E-state index contributed by atoms with van der Waals surface area (Å²) in [7, 11) is 0. The van der Waals surface area contributed by atoms with Crippen LogP contribution in [0.25, 0.3) is 0 Å². The zero-order chi connectivity index (χ0) is 35.3. The summed E-state index contributed by atoms with van der Waals surface area (Å²) >= 11 is 0. The lowest BCUT2D eigenvalue weighted by atomic mass is 9.68. The number of hydrogen-bond acceptors (Lipinski definition) is 13. The highest BCUT2D eigenvalue weighted by molar-refractivity contribution is 5.73. The summed E-state index contributed by atoms with van der Waals surface area (Å²) in [5, 5.41) is 65.3. The van der Waals surface area contributed by atoms with E-state index in [1.54, 1.807) is 27.7 Å². The van der Waals surface area contributed by atoms with Gasteiger partial charge in [-0.25, -0.2) is 0 Å². The van der Waals surface area contributed by atoms with E-state index in [1.807, 2.05) is 34.6 Å². The van der Waals surface area contributed by atoms with Crippen molar-refractivity contribution >= 4 is 5.97 Å². The molecule has 6 N–H and O–H groups in total. The van der Waals surface area contributed by atoms with Gasteiger partial charge in [-0.2, -0.15) is 0 Å². The molecule has 20 atom stereocenters. The summed E-state index contributed by atoms with van der Waals surface area (Å²) in [4.78, 5) is 13.6. The van der Waals surface area contributed by atoms with Gasteiger partial charge in [-0.15, -0.1) is 0 Å². The van der Waals surface area contributed by atoms with Gasteiger partial charge in [-0.3, -0.25) is 4.79 Å². The molecule has 0 amide bonds. The molecule has 4 rings (SSSR count). The third-order valence-electron chi connectivity index (χ3n) is 11.7. The van der Waals surface area contributed by atoms with Gasteiger partial charge in [0, 0.05) is 42.4 Å². The molecule has 0 aromatic heterocycles. The SMILES string of the molecule is CC[C@@H](O)[C@@H](C)[C@@H]1O[C@@]2(O[C@H]([C@H](C)C(=O)O[C@H]3C[C@@H](O)[C@@H](O[C@H]4C[C@](C)(O)[C@H](O)[C@@H](C)O4)[C@@H](C)O3)[C@@H](C)[C@@H](O)[C@@H]2C)[C@H](C)[C@H](O)[C@@H]1C. The molecule has 47 heavy (non-hydrogen) atoms. The largest absolute Gasteiger partial charge is 0.435 e. The van der Waals surface area contributed by atoms with Crippen LogP contribution in [-0.4, -0.2) is 122 Å². The zero-order valence-electron chi connectivity index (χ0n) is 29.6. The third-order valence-corrected chi connectivity index (χ3v) is 11.7. The van der Waals surface area contributed by atoms with Crippen molar-refractivity contribution < 1.29 is 63.9 Å². The van der Waals surface area contributed by atoms with E-state index in [1.165, 1.54) is 6.92 Å². The Bertz CT molecular complexity index is 1040. The van der Waals surface area contributed by atoms with E-state index >= 15 is 0 Å². The number of esters is 1. The molecule has 0 aromatic rings. The van der Waals surface area contributed by atoms with Gasteiger partial charge in [-0.1, -0.05) is 41.5 Å². The average Bonchev–Trinajstić information content (AvgIpc) is 3.01. The van der Waals surface area contributed by atoms with Gasteiger partial charge in [0.2, 0.25) is 6.29 Å². The molecule has 4 fully saturated rings. The Hall–Kier alpha value is -0.970. The number of aliphatic hydroxyl groups excluding tert-OH is 5. The molecule has 13 nitrogen and oxygen atoms in total. The molecule has 4 heterocycles. The number of hydrogen-bond donors (Lipinski definition) is 6. The van der Waals surface area contributed by atoms with E-state index in [0.29, 0.717) is 6.42 Å². The summed E-state index contributed by atoms with van der Waals surface area (Å²) in [5.74, 6) is -5.20. The van der Waals surface area contributed by atoms with Gasteiger partial charge in [-0.05, 0) is 34.1 Å². The van der Waals surface area contributed by atoms with Crippen molar-refractivity contribution in [1.29, 1.82) is 0 Å². The molecular weight excluding hydrogens is 616 g/mol. The van der Waals surface area contributed by atoms with Gasteiger partial charge in [0.1, 0.15) is 12.2 Å². The van der Waals surface area contributed by atoms with Gasteiger partial charge < -0.3 is 59.1 Å². The monoisotopic (exact) mass is 676 g/mol. The average molecular weight is 677 g/mol. The van der Waals surface area contributed by atoms with Crippen LogP contribution in [0.2, 0.25) is 0 Å². The Morgan fingerprint density at radius 3 is 1.94 bits per heavy atom. The minimum Gasteiger partial charge on any atom is -0.435 e. The summed E-state index contributed by atoms with van der Waals surface area (Å²) < 4.78 is 36.7. The molecule has 0 aromatic carbocycles. The van der Waals surface area contributed by atoms with E-state index < -0.39 is 115 Å². The highest BCUT2D eigenvalue weighted by Gasteiger charge is 2.62. The minimum absolute atomic E-state index is 0.00692. The lowest BCUT2D eigenvalue weighted by Crippen LogP contribution is -2.70. The van der Waals surface area contributed by atoms with Crippen LogP contribution >= 0.6 is 0 Å². The quantitative estimate of drug-likeness (QED) is 0.203. The molecule has 0 radical (unpaired) electrons. The second-order valence-electron chi connectivity index (χ2n) is 15.2. The molecule has 4 aliphatic heterocycles. The summed E-state index contributed by atoms with van der Waals surface area (Å²) in [6.07, 6.45) is -9.83. The fraction of sp³-hybridized carbons (Fsp3) is 0.971. The Labute approximate surface area is 278 Å². The first-order chi connectivity index (χ1) is 21.8. The summed E-state index contributed by atoms with van der Waals surface area (Å²) in [6.45, 7) is 17.5. The van der Waals surface area contributed by atoms with Crippen molar-refractivity contribution in [3.8, 4) is 0 Å². The summed E-state index contributed by atoms with van der Waals surface area (Å²) in [5.41, 5.74) is -1.44. The molecule has 0 bridgehead atoms. The first kappa shape index (κ1) is 38.8. The van der Waals surface area contributed by atoms with Crippen molar-refractivity contribution in [2.75, 3.05) is 0 Å². The predicted octanol–water partition coefficient (Wildman–Crippen LogP) is 1.46. The fourth-order valence-electron chi connectivity index (χ4n) is 8.27. The Balaban J connectivity index is 1.44.